The van der Waals surface area contributed by atoms with Crippen LogP contribution in [0.3, 0.4) is 0 Å². The zero-order valence-corrected chi connectivity index (χ0v) is 17.0. The van der Waals surface area contributed by atoms with E-state index in [0.29, 0.717) is 22.8 Å². The average Bonchev–Trinajstić information content (AvgIpc) is 3.01. The van der Waals surface area contributed by atoms with Gasteiger partial charge in [-0.1, -0.05) is 32.4 Å². The maximum atomic E-state index is 12.5. The van der Waals surface area contributed by atoms with Gasteiger partial charge in [-0.3, -0.25) is 4.57 Å². The molecular formula is C21H21ClN4O2. The highest BCUT2D eigenvalue weighted by Gasteiger charge is 2.30. The molecule has 2 aromatic heterocycles. The lowest BCUT2D eigenvalue weighted by molar-refractivity contribution is 0.0518. The molecule has 6 nitrogen and oxygen atoms in total. The van der Waals surface area contributed by atoms with E-state index in [4.69, 9.17) is 16.3 Å². The van der Waals surface area contributed by atoms with E-state index < -0.39 is 5.97 Å². The SMILES string of the molecule is CCOC(=O)c1ncnc2c1Cc1cnc(C(C)(C)C)n1-c1cc(Cl)ccc1-2. The van der Waals surface area contributed by atoms with Crippen molar-refractivity contribution in [2.75, 3.05) is 6.61 Å². The van der Waals surface area contributed by atoms with Gasteiger partial charge < -0.3 is 4.74 Å². The number of rotatable bonds is 2. The molecule has 7 heteroatoms. The Morgan fingerprint density at radius 1 is 1.25 bits per heavy atom. The molecule has 0 saturated carbocycles. The second kappa shape index (κ2) is 6.71. The fourth-order valence-corrected chi connectivity index (χ4v) is 3.73. The minimum Gasteiger partial charge on any atom is -0.461 e. The first kappa shape index (κ1) is 18.6. The molecule has 0 aliphatic carbocycles. The van der Waals surface area contributed by atoms with Gasteiger partial charge in [0.1, 0.15) is 12.2 Å². The Labute approximate surface area is 168 Å². The van der Waals surface area contributed by atoms with E-state index in [2.05, 4.69) is 40.3 Å². The van der Waals surface area contributed by atoms with Gasteiger partial charge in [-0.15, -0.1) is 0 Å². The Balaban J connectivity index is 2.05. The van der Waals surface area contributed by atoms with E-state index in [1.807, 2.05) is 24.4 Å². The maximum absolute atomic E-state index is 12.5. The lowest BCUT2D eigenvalue weighted by Gasteiger charge is -2.22. The van der Waals surface area contributed by atoms with Crippen LogP contribution < -0.4 is 0 Å². The van der Waals surface area contributed by atoms with Crippen molar-refractivity contribution in [2.45, 2.75) is 39.5 Å². The monoisotopic (exact) mass is 396 g/mol. The van der Waals surface area contributed by atoms with Crippen LogP contribution in [0.4, 0.5) is 0 Å². The first-order valence-electron chi connectivity index (χ1n) is 9.19. The fourth-order valence-electron chi connectivity index (χ4n) is 3.57. The molecule has 1 aliphatic rings. The molecular weight excluding hydrogens is 376 g/mol. The molecule has 1 aliphatic heterocycles. The van der Waals surface area contributed by atoms with Gasteiger partial charge in [0.25, 0.3) is 0 Å². The summed E-state index contributed by atoms with van der Waals surface area (Å²) in [7, 11) is 0. The molecule has 0 unspecified atom stereocenters. The maximum Gasteiger partial charge on any atom is 0.357 e. The second-order valence-electron chi connectivity index (χ2n) is 7.77. The van der Waals surface area contributed by atoms with Crippen LogP contribution in [0.1, 0.15) is 55.3 Å². The van der Waals surface area contributed by atoms with Crippen molar-refractivity contribution in [3.8, 4) is 16.9 Å². The second-order valence-corrected chi connectivity index (χ2v) is 8.20. The Morgan fingerprint density at radius 2 is 2.04 bits per heavy atom. The van der Waals surface area contributed by atoms with Gasteiger partial charge >= 0.3 is 5.97 Å². The van der Waals surface area contributed by atoms with Crippen LogP contribution in [0, 0.1) is 0 Å². The molecule has 144 valence electrons. The summed E-state index contributed by atoms with van der Waals surface area (Å²) in [6.07, 6.45) is 3.73. The number of halogens is 1. The lowest BCUT2D eigenvalue weighted by atomic mass is 9.95. The highest BCUT2D eigenvalue weighted by molar-refractivity contribution is 6.30. The zero-order chi connectivity index (χ0) is 20.1. The predicted molar refractivity (Wildman–Crippen MR) is 107 cm³/mol. The summed E-state index contributed by atoms with van der Waals surface area (Å²) in [6.45, 7) is 8.42. The van der Waals surface area contributed by atoms with Crippen molar-refractivity contribution in [3.63, 3.8) is 0 Å². The molecule has 0 spiro atoms. The smallest absolute Gasteiger partial charge is 0.357 e. The summed E-state index contributed by atoms with van der Waals surface area (Å²) < 4.78 is 7.34. The van der Waals surface area contributed by atoms with Gasteiger partial charge in [0.05, 0.1) is 18.0 Å². The highest BCUT2D eigenvalue weighted by atomic mass is 35.5. The van der Waals surface area contributed by atoms with Crippen LogP contribution in [-0.4, -0.2) is 32.1 Å². The Morgan fingerprint density at radius 3 is 2.75 bits per heavy atom. The number of ether oxygens (including phenoxy) is 1. The van der Waals surface area contributed by atoms with Crippen LogP contribution in [0.5, 0.6) is 0 Å². The summed E-state index contributed by atoms with van der Waals surface area (Å²) in [4.78, 5) is 25.9. The molecule has 0 fully saturated rings. The van der Waals surface area contributed by atoms with Crippen molar-refractivity contribution < 1.29 is 9.53 Å². The van der Waals surface area contributed by atoms with Crippen LogP contribution in [-0.2, 0) is 16.6 Å². The first-order chi connectivity index (χ1) is 13.3. The van der Waals surface area contributed by atoms with E-state index in [-0.39, 0.29) is 12.0 Å². The van der Waals surface area contributed by atoms with Crippen LogP contribution in [0.25, 0.3) is 16.9 Å². The summed E-state index contributed by atoms with van der Waals surface area (Å²) >= 11 is 6.34. The number of esters is 1. The number of imidazole rings is 1. The number of carbonyl (C=O) groups excluding carboxylic acids is 1. The Hall–Kier alpha value is -2.73. The highest BCUT2D eigenvalue weighted by Crippen LogP contribution is 2.39. The van der Waals surface area contributed by atoms with Gasteiger partial charge in [-0.05, 0) is 25.1 Å². The molecule has 3 heterocycles. The summed E-state index contributed by atoms with van der Waals surface area (Å²) in [5.74, 6) is 0.477. The molecule has 4 rings (SSSR count). The number of fused-ring (bicyclic) bond motifs is 5. The lowest BCUT2D eigenvalue weighted by Crippen LogP contribution is -2.19. The topological polar surface area (TPSA) is 69.9 Å². The number of hydrogen-bond acceptors (Lipinski definition) is 5. The van der Waals surface area contributed by atoms with Gasteiger partial charge in [-0.25, -0.2) is 19.7 Å². The van der Waals surface area contributed by atoms with Crippen molar-refractivity contribution in [3.05, 3.63) is 58.5 Å². The van der Waals surface area contributed by atoms with E-state index in [0.717, 1.165) is 28.3 Å². The van der Waals surface area contributed by atoms with Crippen molar-refractivity contribution in [2.24, 2.45) is 0 Å². The van der Waals surface area contributed by atoms with E-state index in [9.17, 15) is 4.79 Å². The third kappa shape index (κ3) is 2.98. The fraction of sp³-hybridized carbons (Fsp3) is 0.333. The summed E-state index contributed by atoms with van der Waals surface area (Å²) in [5, 5.41) is 0.626. The Kier molecular flexibility index (Phi) is 4.46. The largest absolute Gasteiger partial charge is 0.461 e. The van der Waals surface area contributed by atoms with Crippen molar-refractivity contribution in [1.82, 2.24) is 19.5 Å². The third-order valence-corrected chi connectivity index (χ3v) is 4.97. The van der Waals surface area contributed by atoms with E-state index in [1.54, 1.807) is 6.92 Å². The zero-order valence-electron chi connectivity index (χ0n) is 16.3. The predicted octanol–water partition coefficient (Wildman–Crippen LogP) is 4.36. The van der Waals surface area contributed by atoms with Gasteiger partial charge in [0, 0.05) is 39.9 Å². The molecule has 1 aromatic carbocycles. The average molecular weight is 397 g/mol. The number of aromatic nitrogens is 4. The normalized spacial score (nSPS) is 12.6. The van der Waals surface area contributed by atoms with Gasteiger partial charge in [-0.2, -0.15) is 0 Å². The number of benzene rings is 1. The first-order valence-corrected chi connectivity index (χ1v) is 9.57. The molecule has 0 amide bonds. The molecule has 0 radical (unpaired) electrons. The molecule has 0 atom stereocenters. The molecule has 0 N–H and O–H groups in total. The van der Waals surface area contributed by atoms with Crippen molar-refractivity contribution in [1.29, 1.82) is 0 Å². The Bertz CT molecular complexity index is 1080. The molecule has 28 heavy (non-hydrogen) atoms. The number of nitrogens with zero attached hydrogens (tertiary/aromatic N) is 4. The number of hydrogen-bond donors (Lipinski definition) is 0. The van der Waals surface area contributed by atoms with E-state index >= 15 is 0 Å². The quantitative estimate of drug-likeness (QED) is 0.471. The molecule has 0 bridgehead atoms. The minimum absolute atomic E-state index is 0.177. The summed E-state index contributed by atoms with van der Waals surface area (Å²) in [5.41, 5.74) is 4.31. The van der Waals surface area contributed by atoms with Crippen LogP contribution >= 0.6 is 11.6 Å². The molecule has 0 saturated heterocycles. The van der Waals surface area contributed by atoms with Gasteiger partial charge in [0.2, 0.25) is 0 Å². The standard InChI is InChI=1S/C21H21ClN4O2/c1-5-28-19(27)18-15-9-13-10-23-20(21(2,3)4)26(13)16-8-12(22)6-7-14(16)17(15)24-11-25-18/h6-8,10-11H,5,9H2,1-4H3. The summed E-state index contributed by atoms with van der Waals surface area (Å²) in [6, 6.07) is 5.67. The van der Waals surface area contributed by atoms with Crippen LogP contribution in [0.2, 0.25) is 5.02 Å². The molecule has 3 aromatic rings. The van der Waals surface area contributed by atoms with Crippen molar-refractivity contribution >= 4 is 17.6 Å². The van der Waals surface area contributed by atoms with Gasteiger partial charge in [0.15, 0.2) is 5.69 Å². The number of carbonyl (C=O) groups is 1. The third-order valence-electron chi connectivity index (χ3n) is 4.73. The van der Waals surface area contributed by atoms with E-state index in [1.165, 1.54) is 6.33 Å². The minimum atomic E-state index is -0.444. The van der Waals surface area contributed by atoms with Crippen LogP contribution in [0.15, 0.2) is 30.7 Å².